The Labute approximate surface area is 325 Å². The van der Waals surface area contributed by atoms with E-state index in [1.807, 2.05) is 36.4 Å². The standard InChI is InChI=1S/C53H34N2O/c1-5-16-36(17-6-1)48-34-49(55-52(54-48)38-18-7-2-8-19-38)37-30-28-35(29-31-37)41-25-15-26-43-45-32-44-42-24-13-14-27-46(42)53(39-20-9-3-10-21-39,40-22-11-4-12-23-40)47(44)33-50(45)56-51(41)43/h1-34H. The number of nitrogens with zero attached hydrogens (tertiary/aromatic N) is 2. The molecule has 56 heavy (non-hydrogen) atoms. The van der Waals surface area contributed by atoms with Gasteiger partial charge < -0.3 is 4.42 Å². The lowest BCUT2D eigenvalue weighted by Gasteiger charge is -2.33. The first-order valence-electron chi connectivity index (χ1n) is 19.1. The van der Waals surface area contributed by atoms with E-state index in [2.05, 4.69) is 170 Å². The Hall–Kier alpha value is -7.36. The molecule has 0 saturated heterocycles. The molecule has 0 amide bonds. The fourth-order valence-corrected chi connectivity index (χ4v) is 8.85. The lowest BCUT2D eigenvalue weighted by Crippen LogP contribution is -2.28. The van der Waals surface area contributed by atoms with Crippen molar-refractivity contribution in [1.82, 2.24) is 9.97 Å². The van der Waals surface area contributed by atoms with E-state index < -0.39 is 5.41 Å². The van der Waals surface area contributed by atoms with E-state index in [-0.39, 0.29) is 0 Å². The number of aromatic nitrogens is 2. The number of para-hydroxylation sites is 1. The third-order valence-electron chi connectivity index (χ3n) is 11.4. The summed E-state index contributed by atoms with van der Waals surface area (Å²) in [5.41, 5.74) is 15.8. The molecule has 3 heteroatoms. The van der Waals surface area contributed by atoms with Crippen molar-refractivity contribution in [3.8, 4) is 56.2 Å². The van der Waals surface area contributed by atoms with Gasteiger partial charge in [-0.1, -0.05) is 188 Å². The van der Waals surface area contributed by atoms with Crippen molar-refractivity contribution < 1.29 is 4.42 Å². The van der Waals surface area contributed by atoms with Gasteiger partial charge >= 0.3 is 0 Å². The zero-order valence-corrected chi connectivity index (χ0v) is 30.4. The predicted octanol–water partition coefficient (Wildman–Crippen LogP) is 13.4. The minimum Gasteiger partial charge on any atom is -0.455 e. The van der Waals surface area contributed by atoms with E-state index in [4.69, 9.17) is 14.4 Å². The molecule has 10 aromatic rings. The monoisotopic (exact) mass is 714 g/mol. The van der Waals surface area contributed by atoms with Crippen LogP contribution in [0.2, 0.25) is 0 Å². The Morgan fingerprint density at radius 1 is 0.357 bits per heavy atom. The zero-order valence-electron chi connectivity index (χ0n) is 30.4. The van der Waals surface area contributed by atoms with Crippen molar-refractivity contribution in [3.05, 3.63) is 229 Å². The summed E-state index contributed by atoms with van der Waals surface area (Å²) in [7, 11) is 0. The molecule has 0 N–H and O–H groups in total. The van der Waals surface area contributed by atoms with Gasteiger partial charge in [-0.15, -0.1) is 0 Å². The minimum atomic E-state index is -0.484. The quantitative estimate of drug-likeness (QED) is 0.172. The van der Waals surface area contributed by atoms with Gasteiger partial charge in [-0.25, -0.2) is 9.97 Å². The highest BCUT2D eigenvalue weighted by Gasteiger charge is 2.46. The van der Waals surface area contributed by atoms with Gasteiger partial charge in [0.2, 0.25) is 0 Å². The second-order valence-electron chi connectivity index (χ2n) is 14.5. The van der Waals surface area contributed by atoms with Crippen LogP contribution in [0.1, 0.15) is 22.3 Å². The summed E-state index contributed by atoms with van der Waals surface area (Å²) in [5.74, 6) is 0.705. The molecule has 3 nitrogen and oxygen atoms in total. The number of furan rings is 1. The van der Waals surface area contributed by atoms with E-state index >= 15 is 0 Å². The van der Waals surface area contributed by atoms with Crippen LogP contribution in [0.4, 0.5) is 0 Å². The van der Waals surface area contributed by atoms with Gasteiger partial charge in [-0.05, 0) is 57.1 Å². The van der Waals surface area contributed by atoms with E-state index in [9.17, 15) is 0 Å². The molecule has 0 fully saturated rings. The lowest BCUT2D eigenvalue weighted by atomic mass is 9.67. The molecule has 11 rings (SSSR count). The van der Waals surface area contributed by atoms with E-state index in [1.54, 1.807) is 0 Å². The Morgan fingerprint density at radius 2 is 0.893 bits per heavy atom. The van der Waals surface area contributed by atoms with Crippen LogP contribution >= 0.6 is 0 Å². The van der Waals surface area contributed by atoms with Crippen LogP contribution in [0.5, 0.6) is 0 Å². The first-order valence-corrected chi connectivity index (χ1v) is 19.1. The smallest absolute Gasteiger partial charge is 0.160 e. The molecular formula is C53H34N2O. The molecule has 0 saturated carbocycles. The van der Waals surface area contributed by atoms with Crippen molar-refractivity contribution in [2.45, 2.75) is 5.41 Å². The van der Waals surface area contributed by atoms with Gasteiger partial charge in [-0.2, -0.15) is 0 Å². The van der Waals surface area contributed by atoms with E-state index in [0.29, 0.717) is 5.82 Å². The third-order valence-corrected chi connectivity index (χ3v) is 11.4. The number of rotatable bonds is 6. The summed E-state index contributed by atoms with van der Waals surface area (Å²) in [6.07, 6.45) is 0. The molecule has 262 valence electrons. The van der Waals surface area contributed by atoms with Gasteiger partial charge in [0.15, 0.2) is 5.82 Å². The van der Waals surface area contributed by atoms with Crippen molar-refractivity contribution >= 4 is 21.9 Å². The van der Waals surface area contributed by atoms with Crippen LogP contribution in [0.25, 0.3) is 78.1 Å². The highest BCUT2D eigenvalue weighted by molar-refractivity contribution is 6.12. The first-order chi connectivity index (χ1) is 27.8. The maximum atomic E-state index is 6.95. The maximum absolute atomic E-state index is 6.95. The Balaban J connectivity index is 1.05. The molecule has 0 radical (unpaired) electrons. The molecule has 0 aliphatic heterocycles. The molecule has 1 aliphatic rings. The summed E-state index contributed by atoms with van der Waals surface area (Å²) in [4.78, 5) is 10.0. The van der Waals surface area contributed by atoms with Crippen LogP contribution in [0.3, 0.4) is 0 Å². The molecule has 0 spiro atoms. The zero-order chi connectivity index (χ0) is 37.1. The van der Waals surface area contributed by atoms with Gasteiger partial charge in [0.05, 0.1) is 16.8 Å². The topological polar surface area (TPSA) is 38.9 Å². The summed E-state index contributed by atoms with van der Waals surface area (Å²) < 4.78 is 6.95. The SMILES string of the molecule is c1ccc(-c2cc(-c3ccc(-c4cccc5c4oc4cc6c(cc45)-c4ccccc4C6(c4ccccc4)c4ccccc4)cc3)nc(-c3ccccc3)n2)cc1. The van der Waals surface area contributed by atoms with Gasteiger partial charge in [0, 0.05) is 33.0 Å². The van der Waals surface area contributed by atoms with Crippen molar-refractivity contribution in [3.63, 3.8) is 0 Å². The van der Waals surface area contributed by atoms with Crippen molar-refractivity contribution in [2.75, 3.05) is 0 Å². The third kappa shape index (κ3) is 4.98. The largest absolute Gasteiger partial charge is 0.455 e. The lowest BCUT2D eigenvalue weighted by molar-refractivity contribution is 0.667. The summed E-state index contributed by atoms with van der Waals surface area (Å²) in [5, 5.41) is 2.22. The maximum Gasteiger partial charge on any atom is 0.160 e. The molecule has 1 aliphatic carbocycles. The predicted molar refractivity (Wildman–Crippen MR) is 228 cm³/mol. The van der Waals surface area contributed by atoms with Gasteiger partial charge in [0.25, 0.3) is 0 Å². The first kappa shape index (κ1) is 32.1. The van der Waals surface area contributed by atoms with Crippen LogP contribution in [0, 0.1) is 0 Å². The van der Waals surface area contributed by atoms with Crippen molar-refractivity contribution in [2.24, 2.45) is 0 Å². The summed E-state index contributed by atoms with van der Waals surface area (Å²) >= 11 is 0. The Bertz CT molecular complexity index is 2950. The average molecular weight is 715 g/mol. The fraction of sp³-hybridized carbons (Fsp3) is 0.0189. The Kier molecular flexibility index (Phi) is 7.39. The van der Waals surface area contributed by atoms with Crippen LogP contribution in [0.15, 0.2) is 211 Å². The van der Waals surface area contributed by atoms with E-state index in [0.717, 1.165) is 61.1 Å². The van der Waals surface area contributed by atoms with Gasteiger partial charge in [0.1, 0.15) is 11.2 Å². The normalized spacial score (nSPS) is 12.8. The highest BCUT2D eigenvalue weighted by Crippen LogP contribution is 2.57. The number of hydrogen-bond donors (Lipinski definition) is 0. The second kappa shape index (κ2) is 12.9. The summed E-state index contributed by atoms with van der Waals surface area (Å²) in [6.45, 7) is 0. The second-order valence-corrected chi connectivity index (χ2v) is 14.5. The number of hydrogen-bond acceptors (Lipinski definition) is 3. The minimum absolute atomic E-state index is 0.484. The van der Waals surface area contributed by atoms with Crippen molar-refractivity contribution in [1.29, 1.82) is 0 Å². The molecule has 8 aromatic carbocycles. The molecule has 0 atom stereocenters. The van der Waals surface area contributed by atoms with Crippen LogP contribution < -0.4 is 0 Å². The summed E-state index contributed by atoms with van der Waals surface area (Å²) in [6, 6.07) is 73.1. The fourth-order valence-electron chi connectivity index (χ4n) is 8.85. The van der Waals surface area contributed by atoms with Gasteiger partial charge in [-0.3, -0.25) is 0 Å². The average Bonchev–Trinajstić information content (AvgIpc) is 3.80. The van der Waals surface area contributed by atoms with Crippen LogP contribution in [-0.2, 0) is 5.41 Å². The molecule has 0 bridgehead atoms. The highest BCUT2D eigenvalue weighted by atomic mass is 16.3. The molecule has 2 heterocycles. The Morgan fingerprint density at radius 3 is 1.55 bits per heavy atom. The molecule has 0 unspecified atom stereocenters. The van der Waals surface area contributed by atoms with E-state index in [1.165, 1.54) is 33.4 Å². The number of fused-ring (bicyclic) bond motifs is 6. The molecular weight excluding hydrogens is 681 g/mol. The molecule has 2 aromatic heterocycles. The number of benzene rings is 8. The van der Waals surface area contributed by atoms with Crippen LogP contribution in [-0.4, -0.2) is 9.97 Å².